The van der Waals surface area contributed by atoms with Crippen LogP contribution in [0.5, 0.6) is 5.75 Å². The maximum Gasteiger partial charge on any atom is 0.387 e. The van der Waals surface area contributed by atoms with Crippen molar-refractivity contribution in [2.75, 3.05) is 0 Å². The molecule has 0 bridgehead atoms. The van der Waals surface area contributed by atoms with E-state index in [4.69, 9.17) is 4.74 Å². The van der Waals surface area contributed by atoms with Crippen molar-refractivity contribution in [3.05, 3.63) is 58.1 Å². The average molecular weight is 455 g/mol. The van der Waals surface area contributed by atoms with Crippen LogP contribution in [0.4, 0.5) is 13.2 Å². The van der Waals surface area contributed by atoms with E-state index in [0.717, 1.165) is 0 Å². The molecule has 2 unspecified atom stereocenters. The van der Waals surface area contributed by atoms with Crippen molar-refractivity contribution in [2.24, 2.45) is 0 Å². The summed E-state index contributed by atoms with van der Waals surface area (Å²) in [6.07, 6.45) is -0.382. The Balaban J connectivity index is 1.90. The second-order valence-corrected chi connectivity index (χ2v) is 7.22. The molecule has 0 aliphatic carbocycles. The van der Waals surface area contributed by atoms with Crippen LogP contribution in [0.1, 0.15) is 36.9 Å². The van der Waals surface area contributed by atoms with Gasteiger partial charge in [0.1, 0.15) is 11.6 Å². The van der Waals surface area contributed by atoms with E-state index in [2.05, 4.69) is 25.7 Å². The van der Waals surface area contributed by atoms with Crippen LogP contribution in [0, 0.1) is 5.82 Å². The maximum atomic E-state index is 14.0. The second kappa shape index (κ2) is 7.12. The van der Waals surface area contributed by atoms with Crippen LogP contribution in [-0.4, -0.2) is 22.1 Å². The van der Waals surface area contributed by atoms with Gasteiger partial charge >= 0.3 is 12.6 Å². The topological polar surface area (TPSA) is 53.4 Å². The Hall–Kier alpha value is -2.55. The van der Waals surface area contributed by atoms with Crippen LogP contribution in [0.2, 0.25) is 0 Å². The van der Waals surface area contributed by atoms with E-state index < -0.39 is 30.5 Å². The first kappa shape index (κ1) is 18.8. The van der Waals surface area contributed by atoms with Crippen molar-refractivity contribution in [1.82, 2.24) is 9.55 Å². The third-order valence-corrected chi connectivity index (χ3v) is 5.21. The third-order valence-electron chi connectivity index (χ3n) is 4.60. The maximum absolute atomic E-state index is 14.0. The van der Waals surface area contributed by atoms with Gasteiger partial charge in [0.25, 0.3) is 0 Å². The molecule has 0 spiro atoms. The number of rotatable bonds is 4. The minimum Gasteiger partial charge on any atom is -0.454 e. The number of imidazole rings is 1. The van der Waals surface area contributed by atoms with E-state index >= 15 is 0 Å². The van der Waals surface area contributed by atoms with E-state index in [1.54, 1.807) is 28.8 Å². The van der Waals surface area contributed by atoms with Crippen LogP contribution in [0.3, 0.4) is 0 Å². The second-order valence-electron chi connectivity index (χ2n) is 6.36. The molecule has 9 heteroatoms. The first-order valence-corrected chi connectivity index (χ1v) is 9.22. The molecule has 0 radical (unpaired) electrons. The zero-order chi connectivity index (χ0) is 20.0. The number of hydrogen-bond acceptors (Lipinski definition) is 4. The van der Waals surface area contributed by atoms with Crippen molar-refractivity contribution < 1.29 is 27.4 Å². The molecule has 0 amide bonds. The Morgan fingerprint density at radius 1 is 1.32 bits per heavy atom. The molecule has 28 heavy (non-hydrogen) atoms. The van der Waals surface area contributed by atoms with Crippen molar-refractivity contribution >= 4 is 32.9 Å². The SMILES string of the molecule is CC(=O)OC1CC(c2ccccc2OC(F)F)n2c1nc1cc(F)c(Br)cc12. The highest BCUT2D eigenvalue weighted by Crippen LogP contribution is 2.46. The molecule has 0 N–H and O–H groups in total. The van der Waals surface area contributed by atoms with Gasteiger partial charge in [-0.25, -0.2) is 9.37 Å². The quantitative estimate of drug-likeness (QED) is 0.512. The van der Waals surface area contributed by atoms with Gasteiger partial charge in [-0.2, -0.15) is 8.78 Å². The van der Waals surface area contributed by atoms with Crippen molar-refractivity contribution in [2.45, 2.75) is 32.1 Å². The van der Waals surface area contributed by atoms with Crippen LogP contribution in [0.15, 0.2) is 40.9 Å². The molecular weight excluding hydrogens is 441 g/mol. The number of fused-ring (bicyclic) bond motifs is 3. The predicted molar refractivity (Wildman–Crippen MR) is 97.7 cm³/mol. The van der Waals surface area contributed by atoms with E-state index in [-0.39, 0.29) is 10.2 Å². The number of ether oxygens (including phenoxy) is 2. The van der Waals surface area contributed by atoms with Gasteiger partial charge < -0.3 is 14.0 Å². The fraction of sp³-hybridized carbons (Fsp3) is 0.263. The van der Waals surface area contributed by atoms with Gasteiger partial charge in [0.15, 0.2) is 11.9 Å². The Kier molecular flexibility index (Phi) is 4.78. The number of carbonyl (C=O) groups excluding carboxylic acids is 1. The lowest BCUT2D eigenvalue weighted by atomic mass is 10.0. The van der Waals surface area contributed by atoms with Crippen LogP contribution >= 0.6 is 15.9 Å². The van der Waals surface area contributed by atoms with Gasteiger partial charge in [-0.1, -0.05) is 18.2 Å². The highest BCUT2D eigenvalue weighted by atomic mass is 79.9. The van der Waals surface area contributed by atoms with Gasteiger partial charge in [0.05, 0.1) is 21.5 Å². The Labute approximate surface area is 166 Å². The van der Waals surface area contributed by atoms with Gasteiger partial charge in [0.2, 0.25) is 0 Å². The molecule has 3 aromatic rings. The van der Waals surface area contributed by atoms with E-state index in [0.29, 0.717) is 28.8 Å². The number of alkyl halides is 2. The Bertz CT molecular complexity index is 1070. The van der Waals surface area contributed by atoms with Crippen molar-refractivity contribution in [1.29, 1.82) is 0 Å². The fourth-order valence-corrected chi connectivity index (χ4v) is 3.93. The lowest BCUT2D eigenvalue weighted by Gasteiger charge is -2.19. The molecule has 5 nitrogen and oxygen atoms in total. The molecule has 1 aliphatic rings. The van der Waals surface area contributed by atoms with Crippen LogP contribution in [0.25, 0.3) is 11.0 Å². The van der Waals surface area contributed by atoms with E-state index in [1.807, 2.05) is 0 Å². The summed E-state index contributed by atoms with van der Waals surface area (Å²) in [5, 5.41) is 0. The number of benzene rings is 2. The number of esters is 1. The lowest BCUT2D eigenvalue weighted by Crippen LogP contribution is -2.10. The predicted octanol–water partition coefficient (Wildman–Crippen LogP) is 5.14. The third kappa shape index (κ3) is 3.23. The largest absolute Gasteiger partial charge is 0.454 e. The molecular formula is C19H14BrF3N2O3. The minimum atomic E-state index is -2.98. The monoisotopic (exact) mass is 454 g/mol. The summed E-state index contributed by atoms with van der Waals surface area (Å²) in [7, 11) is 0. The average Bonchev–Trinajstić information content (AvgIpc) is 3.13. The molecule has 0 fully saturated rings. The fourth-order valence-electron chi connectivity index (χ4n) is 3.60. The molecule has 0 saturated carbocycles. The number of hydrogen-bond donors (Lipinski definition) is 0. The first-order valence-electron chi connectivity index (χ1n) is 8.43. The molecule has 4 rings (SSSR count). The molecule has 146 valence electrons. The summed E-state index contributed by atoms with van der Waals surface area (Å²) >= 11 is 3.16. The summed E-state index contributed by atoms with van der Waals surface area (Å²) < 4.78 is 51.8. The van der Waals surface area contributed by atoms with Gasteiger partial charge in [-0.3, -0.25) is 4.79 Å². The summed E-state index contributed by atoms with van der Waals surface area (Å²) in [6.45, 7) is -1.70. The molecule has 0 saturated heterocycles. The van der Waals surface area contributed by atoms with Gasteiger partial charge in [-0.15, -0.1) is 0 Å². The number of para-hydroxylation sites is 1. The number of halogens is 4. The zero-order valence-electron chi connectivity index (χ0n) is 14.5. The van der Waals surface area contributed by atoms with Crippen LogP contribution < -0.4 is 4.74 Å². The highest BCUT2D eigenvalue weighted by Gasteiger charge is 2.38. The first-order chi connectivity index (χ1) is 13.3. The summed E-state index contributed by atoms with van der Waals surface area (Å²) in [4.78, 5) is 16.0. The summed E-state index contributed by atoms with van der Waals surface area (Å²) in [6, 6.07) is 8.80. The Morgan fingerprint density at radius 2 is 2.07 bits per heavy atom. The number of aromatic nitrogens is 2. The van der Waals surface area contributed by atoms with E-state index in [9.17, 15) is 18.0 Å². The van der Waals surface area contributed by atoms with Gasteiger partial charge in [-0.05, 0) is 28.1 Å². The molecule has 2 atom stereocenters. The minimum absolute atomic E-state index is 0.0277. The smallest absolute Gasteiger partial charge is 0.387 e. The van der Waals surface area contributed by atoms with Crippen molar-refractivity contribution in [3.63, 3.8) is 0 Å². The molecule has 2 aromatic carbocycles. The van der Waals surface area contributed by atoms with Crippen molar-refractivity contribution in [3.8, 4) is 5.75 Å². The highest BCUT2D eigenvalue weighted by molar-refractivity contribution is 9.10. The number of carbonyl (C=O) groups is 1. The van der Waals surface area contributed by atoms with Gasteiger partial charge in [0, 0.05) is 25.0 Å². The summed E-state index contributed by atoms with van der Waals surface area (Å²) in [5.41, 5.74) is 1.47. The Morgan fingerprint density at radius 3 is 2.79 bits per heavy atom. The molecule has 2 heterocycles. The summed E-state index contributed by atoms with van der Waals surface area (Å²) in [5.74, 6) is -0.514. The lowest BCUT2D eigenvalue weighted by molar-refractivity contribution is -0.146. The standard InChI is InChI=1S/C19H14BrF3N2O3/c1-9(26)27-17-8-14(10-4-2-3-5-16(10)28-19(22)23)25-15-6-11(20)12(21)7-13(15)24-18(17)25/h2-7,14,17,19H,8H2,1H3. The normalized spacial score (nSPS) is 18.5. The van der Waals surface area contributed by atoms with Crippen LogP contribution in [-0.2, 0) is 9.53 Å². The zero-order valence-corrected chi connectivity index (χ0v) is 16.1. The number of nitrogens with zero attached hydrogens (tertiary/aromatic N) is 2. The molecule has 1 aliphatic heterocycles. The van der Waals surface area contributed by atoms with E-state index in [1.165, 1.54) is 19.1 Å². The molecule has 1 aromatic heterocycles.